The van der Waals surface area contributed by atoms with E-state index in [0.29, 0.717) is 5.75 Å². The molecule has 0 saturated heterocycles. The first-order valence-corrected chi connectivity index (χ1v) is 5.54. The smallest absolute Gasteiger partial charge is 0.410 e. The third-order valence-corrected chi connectivity index (χ3v) is 2.83. The predicted molar refractivity (Wildman–Crippen MR) is 61.2 cm³/mol. The van der Waals surface area contributed by atoms with Gasteiger partial charge in [-0.2, -0.15) is 0 Å². The van der Waals surface area contributed by atoms with Gasteiger partial charge < -0.3 is 15.8 Å². The first kappa shape index (κ1) is 11.0. The fourth-order valence-corrected chi connectivity index (χ4v) is 1.94. The van der Waals surface area contributed by atoms with Gasteiger partial charge in [0.15, 0.2) is 0 Å². The van der Waals surface area contributed by atoms with Crippen LogP contribution in [-0.4, -0.2) is 18.2 Å². The second-order valence-electron chi connectivity index (χ2n) is 4.05. The number of hydrogen-bond donors (Lipinski definition) is 2. The van der Waals surface area contributed by atoms with Crippen LogP contribution in [0.15, 0.2) is 30.3 Å². The third kappa shape index (κ3) is 2.73. The molecule has 0 spiro atoms. The van der Waals surface area contributed by atoms with E-state index in [4.69, 9.17) is 10.5 Å². The second kappa shape index (κ2) is 4.99. The number of rotatable bonds is 2. The van der Waals surface area contributed by atoms with Gasteiger partial charge in [-0.25, -0.2) is 4.79 Å². The quantitative estimate of drug-likeness (QED) is 0.796. The normalized spacial score (nSPS) is 24.1. The summed E-state index contributed by atoms with van der Waals surface area (Å²) in [5.74, 6) is 0.548. The zero-order valence-electron chi connectivity index (χ0n) is 9.06. The summed E-state index contributed by atoms with van der Waals surface area (Å²) in [6.07, 6.45) is 2.55. The van der Waals surface area contributed by atoms with Crippen LogP contribution in [0.4, 0.5) is 4.79 Å². The van der Waals surface area contributed by atoms with Crippen LogP contribution in [0.5, 0.6) is 5.75 Å². The molecule has 4 nitrogen and oxygen atoms in total. The van der Waals surface area contributed by atoms with Crippen LogP contribution in [0, 0.1) is 0 Å². The molecule has 2 unspecified atom stereocenters. The van der Waals surface area contributed by atoms with Crippen LogP contribution in [0.1, 0.15) is 19.3 Å². The molecule has 0 aliphatic heterocycles. The van der Waals surface area contributed by atoms with Gasteiger partial charge in [0.25, 0.3) is 0 Å². The van der Waals surface area contributed by atoms with Gasteiger partial charge in [-0.3, -0.25) is 0 Å². The summed E-state index contributed by atoms with van der Waals surface area (Å²) < 4.78 is 5.12. The zero-order valence-corrected chi connectivity index (χ0v) is 9.06. The van der Waals surface area contributed by atoms with E-state index in [2.05, 4.69) is 5.32 Å². The number of ether oxygens (including phenoxy) is 1. The summed E-state index contributed by atoms with van der Waals surface area (Å²) in [4.78, 5) is 11.5. The molecular formula is C12H16N2O2. The molecule has 2 rings (SSSR count). The topological polar surface area (TPSA) is 64.3 Å². The molecule has 0 bridgehead atoms. The average molecular weight is 220 g/mol. The molecule has 2 atom stereocenters. The van der Waals surface area contributed by atoms with Crippen molar-refractivity contribution < 1.29 is 9.53 Å². The lowest BCUT2D eigenvalue weighted by molar-refractivity contribution is 0.195. The van der Waals surface area contributed by atoms with Crippen LogP contribution < -0.4 is 15.8 Å². The van der Waals surface area contributed by atoms with Crippen molar-refractivity contribution in [3.8, 4) is 5.75 Å². The molecule has 1 aromatic rings. The Labute approximate surface area is 94.8 Å². The molecule has 86 valence electrons. The van der Waals surface area contributed by atoms with E-state index in [-0.39, 0.29) is 12.1 Å². The van der Waals surface area contributed by atoms with E-state index in [0.717, 1.165) is 19.3 Å². The Bertz CT molecular complexity index is 353. The van der Waals surface area contributed by atoms with Gasteiger partial charge in [-0.1, -0.05) is 18.2 Å². The maximum absolute atomic E-state index is 11.5. The van der Waals surface area contributed by atoms with Crippen LogP contribution in [0.3, 0.4) is 0 Å². The average Bonchev–Trinajstić information content (AvgIpc) is 2.66. The molecule has 0 radical (unpaired) electrons. The highest BCUT2D eigenvalue weighted by Gasteiger charge is 2.25. The minimum absolute atomic E-state index is 0.0520. The lowest BCUT2D eigenvalue weighted by Crippen LogP contribution is -2.45. The first-order valence-electron chi connectivity index (χ1n) is 5.54. The minimum atomic E-state index is -0.423. The molecule has 0 aromatic heterocycles. The van der Waals surface area contributed by atoms with Crippen LogP contribution in [0.2, 0.25) is 0 Å². The van der Waals surface area contributed by atoms with Crippen molar-refractivity contribution in [3.05, 3.63) is 30.3 Å². The monoisotopic (exact) mass is 220 g/mol. The first-order chi connectivity index (χ1) is 7.75. The Kier molecular flexibility index (Phi) is 3.41. The molecule has 0 heterocycles. The molecule has 3 N–H and O–H groups in total. The van der Waals surface area contributed by atoms with Crippen molar-refractivity contribution in [1.29, 1.82) is 0 Å². The number of hydrogen-bond acceptors (Lipinski definition) is 3. The summed E-state index contributed by atoms with van der Waals surface area (Å²) in [5, 5.41) is 2.79. The van der Waals surface area contributed by atoms with E-state index >= 15 is 0 Å². The fraction of sp³-hybridized carbons (Fsp3) is 0.417. The lowest BCUT2D eigenvalue weighted by atomic mass is 10.2. The maximum atomic E-state index is 11.5. The second-order valence-corrected chi connectivity index (χ2v) is 4.05. The van der Waals surface area contributed by atoms with Crippen LogP contribution >= 0.6 is 0 Å². The summed E-state index contributed by atoms with van der Waals surface area (Å²) in [5.41, 5.74) is 5.85. The van der Waals surface area contributed by atoms with E-state index in [1.807, 2.05) is 18.2 Å². The third-order valence-electron chi connectivity index (χ3n) is 2.83. The van der Waals surface area contributed by atoms with E-state index in [1.54, 1.807) is 12.1 Å². The lowest BCUT2D eigenvalue weighted by Gasteiger charge is -2.16. The number of carbonyl (C=O) groups excluding carboxylic acids is 1. The molecule has 1 aliphatic rings. The number of benzene rings is 1. The molecular weight excluding hydrogens is 204 g/mol. The molecule has 4 heteroatoms. The molecule has 1 amide bonds. The van der Waals surface area contributed by atoms with Crippen molar-refractivity contribution in [2.24, 2.45) is 5.73 Å². The number of nitrogens with one attached hydrogen (secondary N) is 1. The van der Waals surface area contributed by atoms with Crippen molar-refractivity contribution in [1.82, 2.24) is 5.32 Å². The summed E-state index contributed by atoms with van der Waals surface area (Å²) in [6, 6.07) is 9.12. The highest BCUT2D eigenvalue weighted by molar-refractivity contribution is 5.70. The van der Waals surface area contributed by atoms with Gasteiger partial charge >= 0.3 is 6.09 Å². The van der Waals surface area contributed by atoms with E-state index in [9.17, 15) is 4.79 Å². The van der Waals surface area contributed by atoms with Crippen LogP contribution in [0.25, 0.3) is 0 Å². The zero-order chi connectivity index (χ0) is 11.4. The summed E-state index contributed by atoms with van der Waals surface area (Å²) >= 11 is 0. The van der Waals surface area contributed by atoms with Crippen molar-refractivity contribution in [2.45, 2.75) is 31.3 Å². The number of nitrogens with two attached hydrogens (primary N) is 1. The van der Waals surface area contributed by atoms with Gasteiger partial charge in [0, 0.05) is 12.1 Å². The maximum Gasteiger partial charge on any atom is 0.412 e. The number of amides is 1. The standard InChI is InChI=1S/C12H16N2O2/c13-10-7-4-8-11(10)14-12(15)16-9-5-2-1-3-6-9/h1-3,5-6,10-11H,4,7-8,13H2,(H,14,15). The van der Waals surface area contributed by atoms with Gasteiger partial charge in [-0.15, -0.1) is 0 Å². The van der Waals surface area contributed by atoms with Crippen LogP contribution in [-0.2, 0) is 0 Å². The SMILES string of the molecule is NC1CCCC1NC(=O)Oc1ccccc1. The van der Waals surface area contributed by atoms with Gasteiger partial charge in [0.1, 0.15) is 5.75 Å². The fourth-order valence-electron chi connectivity index (χ4n) is 1.94. The Balaban J connectivity index is 1.85. The van der Waals surface area contributed by atoms with Crippen molar-refractivity contribution >= 4 is 6.09 Å². The largest absolute Gasteiger partial charge is 0.412 e. The molecule has 1 aromatic carbocycles. The summed E-state index contributed by atoms with van der Waals surface area (Å²) in [7, 11) is 0. The Hall–Kier alpha value is -1.55. The van der Waals surface area contributed by atoms with Gasteiger partial charge in [0.2, 0.25) is 0 Å². The Morgan fingerprint density at radius 3 is 2.69 bits per heavy atom. The number of para-hydroxylation sites is 1. The van der Waals surface area contributed by atoms with Crippen molar-refractivity contribution in [3.63, 3.8) is 0 Å². The molecule has 16 heavy (non-hydrogen) atoms. The highest BCUT2D eigenvalue weighted by atomic mass is 16.6. The van der Waals surface area contributed by atoms with Gasteiger partial charge in [0.05, 0.1) is 0 Å². The van der Waals surface area contributed by atoms with Gasteiger partial charge in [-0.05, 0) is 31.4 Å². The Morgan fingerprint density at radius 2 is 2.06 bits per heavy atom. The van der Waals surface area contributed by atoms with E-state index in [1.165, 1.54) is 0 Å². The van der Waals surface area contributed by atoms with E-state index < -0.39 is 6.09 Å². The molecule has 1 saturated carbocycles. The highest BCUT2D eigenvalue weighted by Crippen LogP contribution is 2.17. The predicted octanol–water partition coefficient (Wildman–Crippen LogP) is 1.65. The minimum Gasteiger partial charge on any atom is -0.410 e. The molecule has 1 fully saturated rings. The Morgan fingerprint density at radius 1 is 1.31 bits per heavy atom. The molecule has 1 aliphatic carbocycles. The van der Waals surface area contributed by atoms with Crippen molar-refractivity contribution in [2.75, 3.05) is 0 Å². The summed E-state index contributed by atoms with van der Waals surface area (Å²) in [6.45, 7) is 0. The number of carbonyl (C=O) groups is 1.